The van der Waals surface area contributed by atoms with E-state index in [2.05, 4.69) is 4.98 Å². The molecule has 1 heterocycles. The van der Waals surface area contributed by atoms with Crippen molar-refractivity contribution in [3.8, 4) is 11.8 Å². The van der Waals surface area contributed by atoms with E-state index in [1.165, 1.54) is 12.1 Å². The summed E-state index contributed by atoms with van der Waals surface area (Å²) in [6.45, 7) is 0. The Balaban J connectivity index is 1.96. The van der Waals surface area contributed by atoms with E-state index in [1.54, 1.807) is 18.2 Å². The van der Waals surface area contributed by atoms with Crippen LogP contribution in [0.15, 0.2) is 30.3 Å². The van der Waals surface area contributed by atoms with Gasteiger partial charge in [-0.05, 0) is 24.1 Å². The summed E-state index contributed by atoms with van der Waals surface area (Å²) >= 11 is 0. The lowest BCUT2D eigenvalue weighted by molar-refractivity contribution is 0.423. The molecule has 92 valence electrons. The molecule has 0 saturated heterocycles. The van der Waals surface area contributed by atoms with Gasteiger partial charge in [0, 0.05) is 17.0 Å². The predicted octanol–water partition coefficient (Wildman–Crippen LogP) is 2.92. The Morgan fingerprint density at radius 1 is 1.11 bits per heavy atom. The molecule has 1 aliphatic carbocycles. The molecule has 3 rings (SSSR count). The summed E-state index contributed by atoms with van der Waals surface area (Å²) in [7, 11) is 0. The maximum atomic E-state index is 12.9. The lowest BCUT2D eigenvalue weighted by Gasteiger charge is -2.17. The van der Waals surface area contributed by atoms with Crippen LogP contribution in [0.25, 0.3) is 6.08 Å². The Labute approximate surface area is 103 Å². The van der Waals surface area contributed by atoms with E-state index in [0.717, 1.165) is 5.56 Å². The van der Waals surface area contributed by atoms with Gasteiger partial charge in [0.15, 0.2) is 11.8 Å². The molecule has 1 unspecified atom stereocenters. The number of nitrogens with one attached hydrogen (secondary N) is 1. The van der Waals surface area contributed by atoms with Gasteiger partial charge in [-0.2, -0.15) is 0 Å². The topological polar surface area (TPSA) is 56.2 Å². The number of benzene rings is 1. The van der Waals surface area contributed by atoms with E-state index in [4.69, 9.17) is 0 Å². The molecule has 0 fully saturated rings. The molecule has 0 radical (unpaired) electrons. The number of fused-ring (bicyclic) bond motifs is 1. The monoisotopic (exact) mass is 245 g/mol. The van der Waals surface area contributed by atoms with Gasteiger partial charge in [-0.15, -0.1) is 0 Å². The third kappa shape index (κ3) is 1.66. The number of H-pyrrole nitrogens is 1. The Morgan fingerprint density at radius 3 is 2.56 bits per heavy atom. The second-order valence-electron chi connectivity index (χ2n) is 4.44. The maximum Gasteiger partial charge on any atom is 0.198 e. The molecule has 18 heavy (non-hydrogen) atoms. The van der Waals surface area contributed by atoms with E-state index in [1.807, 2.05) is 6.08 Å². The zero-order valence-corrected chi connectivity index (χ0v) is 9.52. The van der Waals surface area contributed by atoms with E-state index in [9.17, 15) is 14.6 Å². The Bertz CT molecular complexity index is 613. The number of allylic oxidation sites excluding steroid dienone is 1. The zero-order chi connectivity index (χ0) is 12.7. The van der Waals surface area contributed by atoms with E-state index >= 15 is 0 Å². The smallest absolute Gasteiger partial charge is 0.198 e. The first-order valence-electron chi connectivity index (χ1n) is 5.71. The minimum absolute atomic E-state index is 0.000961. The first-order chi connectivity index (χ1) is 8.65. The molecular weight excluding hydrogens is 233 g/mol. The third-order valence-electron chi connectivity index (χ3n) is 3.32. The highest BCUT2D eigenvalue weighted by Crippen LogP contribution is 2.38. The van der Waals surface area contributed by atoms with Crippen LogP contribution < -0.4 is 0 Å². The quantitative estimate of drug-likeness (QED) is 0.723. The molecule has 3 N–H and O–H groups in total. The van der Waals surface area contributed by atoms with Crippen molar-refractivity contribution in [2.45, 2.75) is 12.3 Å². The van der Waals surface area contributed by atoms with Crippen molar-refractivity contribution in [2.24, 2.45) is 0 Å². The van der Waals surface area contributed by atoms with Gasteiger partial charge in [0.1, 0.15) is 5.82 Å². The molecule has 0 bridgehead atoms. The number of hydrogen-bond donors (Lipinski definition) is 3. The molecule has 1 aromatic carbocycles. The van der Waals surface area contributed by atoms with Crippen molar-refractivity contribution in [2.75, 3.05) is 0 Å². The second-order valence-corrected chi connectivity index (χ2v) is 4.44. The van der Waals surface area contributed by atoms with Crippen molar-refractivity contribution < 1.29 is 14.6 Å². The van der Waals surface area contributed by atoms with Crippen LogP contribution in [0.4, 0.5) is 4.39 Å². The summed E-state index contributed by atoms with van der Waals surface area (Å²) in [6.07, 6.45) is 4.31. The first-order valence-corrected chi connectivity index (χ1v) is 5.71. The second kappa shape index (κ2) is 3.91. The van der Waals surface area contributed by atoms with Gasteiger partial charge in [0.25, 0.3) is 0 Å². The third-order valence-corrected chi connectivity index (χ3v) is 3.32. The molecule has 0 amide bonds. The standard InChI is InChI=1S/C14H12FNO2/c15-10-4-1-8(2-5-10)9-3-6-11-12(7-9)14(18)16-13(11)17/h1-6,9,16-18H,7H2. The van der Waals surface area contributed by atoms with E-state index in [-0.39, 0.29) is 23.5 Å². The van der Waals surface area contributed by atoms with Gasteiger partial charge >= 0.3 is 0 Å². The Kier molecular flexibility index (Phi) is 2.37. The lowest BCUT2D eigenvalue weighted by atomic mass is 9.87. The molecule has 0 spiro atoms. The Hall–Kier alpha value is -2.23. The van der Waals surface area contributed by atoms with Gasteiger partial charge in [-0.1, -0.05) is 24.3 Å². The number of aromatic nitrogens is 1. The van der Waals surface area contributed by atoms with Crippen molar-refractivity contribution >= 4 is 6.08 Å². The molecule has 1 atom stereocenters. The highest BCUT2D eigenvalue weighted by molar-refractivity contribution is 5.66. The normalized spacial score (nSPS) is 17.7. The first kappa shape index (κ1) is 10.9. The van der Waals surface area contributed by atoms with Crippen molar-refractivity contribution in [3.63, 3.8) is 0 Å². The molecular formula is C14H12FNO2. The van der Waals surface area contributed by atoms with E-state index in [0.29, 0.717) is 17.5 Å². The van der Waals surface area contributed by atoms with Crippen LogP contribution in [0.3, 0.4) is 0 Å². The fourth-order valence-electron chi connectivity index (χ4n) is 2.35. The summed E-state index contributed by atoms with van der Waals surface area (Å²) in [5.74, 6) is -0.198. The maximum absolute atomic E-state index is 12.9. The summed E-state index contributed by atoms with van der Waals surface area (Å²) in [5.41, 5.74) is 2.31. The van der Waals surface area contributed by atoms with Crippen LogP contribution in [-0.2, 0) is 6.42 Å². The minimum atomic E-state index is -0.263. The zero-order valence-electron chi connectivity index (χ0n) is 9.52. The minimum Gasteiger partial charge on any atom is -0.494 e. The van der Waals surface area contributed by atoms with Crippen LogP contribution >= 0.6 is 0 Å². The Morgan fingerprint density at radius 2 is 1.83 bits per heavy atom. The molecule has 2 aromatic rings. The molecule has 3 nitrogen and oxygen atoms in total. The van der Waals surface area contributed by atoms with Crippen molar-refractivity contribution in [1.29, 1.82) is 0 Å². The number of halogens is 1. The number of aromatic amines is 1. The van der Waals surface area contributed by atoms with Gasteiger partial charge < -0.3 is 10.2 Å². The number of aromatic hydroxyl groups is 2. The number of hydrogen-bond acceptors (Lipinski definition) is 2. The van der Waals surface area contributed by atoms with Gasteiger partial charge in [-0.25, -0.2) is 4.39 Å². The molecule has 0 saturated carbocycles. The average Bonchev–Trinajstić information content (AvgIpc) is 2.66. The van der Waals surface area contributed by atoms with Gasteiger partial charge in [-0.3, -0.25) is 4.98 Å². The largest absolute Gasteiger partial charge is 0.494 e. The van der Waals surface area contributed by atoms with Gasteiger partial charge in [0.05, 0.1) is 0 Å². The summed E-state index contributed by atoms with van der Waals surface area (Å²) in [6, 6.07) is 6.32. The van der Waals surface area contributed by atoms with E-state index < -0.39 is 0 Å². The predicted molar refractivity (Wildman–Crippen MR) is 66.0 cm³/mol. The van der Waals surface area contributed by atoms with Crippen LogP contribution in [-0.4, -0.2) is 15.2 Å². The van der Waals surface area contributed by atoms with Crippen LogP contribution in [0.2, 0.25) is 0 Å². The summed E-state index contributed by atoms with van der Waals surface area (Å²) in [4.78, 5) is 2.50. The molecule has 4 heteroatoms. The molecule has 0 aliphatic heterocycles. The van der Waals surface area contributed by atoms with Crippen molar-refractivity contribution in [1.82, 2.24) is 4.98 Å². The summed E-state index contributed by atoms with van der Waals surface area (Å²) < 4.78 is 12.9. The molecule has 1 aliphatic rings. The molecule has 1 aromatic heterocycles. The lowest BCUT2D eigenvalue weighted by Crippen LogP contribution is -2.04. The van der Waals surface area contributed by atoms with Crippen molar-refractivity contribution in [3.05, 3.63) is 52.8 Å². The summed E-state index contributed by atoms with van der Waals surface area (Å²) in [5, 5.41) is 19.2. The SMILES string of the molecule is Oc1[nH]c(O)c2c1C=CC(c1ccc(F)cc1)C2. The van der Waals surface area contributed by atoms with Crippen LogP contribution in [0.1, 0.15) is 22.6 Å². The van der Waals surface area contributed by atoms with Gasteiger partial charge in [0.2, 0.25) is 0 Å². The number of rotatable bonds is 1. The fraction of sp³-hybridized carbons (Fsp3) is 0.143. The van der Waals surface area contributed by atoms with Crippen LogP contribution in [0, 0.1) is 5.82 Å². The fourth-order valence-corrected chi connectivity index (χ4v) is 2.35. The highest BCUT2D eigenvalue weighted by atomic mass is 19.1. The highest BCUT2D eigenvalue weighted by Gasteiger charge is 2.22. The average molecular weight is 245 g/mol. The van der Waals surface area contributed by atoms with Crippen LogP contribution in [0.5, 0.6) is 11.8 Å².